The molecule has 0 atom stereocenters. The van der Waals surface area contributed by atoms with Crippen LogP contribution in [0.5, 0.6) is 5.75 Å². The van der Waals surface area contributed by atoms with Gasteiger partial charge < -0.3 is 9.72 Å². The summed E-state index contributed by atoms with van der Waals surface area (Å²) in [5.74, 6) is 0.925. The number of hydrogen-bond acceptors (Lipinski definition) is 2. The summed E-state index contributed by atoms with van der Waals surface area (Å²) in [7, 11) is 1.72. The molecule has 2 aromatic rings. The van der Waals surface area contributed by atoms with E-state index in [4.69, 9.17) is 4.74 Å². The van der Waals surface area contributed by atoms with Gasteiger partial charge >= 0.3 is 0 Å². The molecule has 0 saturated carbocycles. The molecule has 1 aliphatic heterocycles. The molecule has 1 aromatic heterocycles. The van der Waals surface area contributed by atoms with Crippen LogP contribution in [0.3, 0.4) is 0 Å². The maximum absolute atomic E-state index is 5.31. The van der Waals surface area contributed by atoms with E-state index in [1.807, 2.05) is 6.07 Å². The topological polar surface area (TPSA) is 28.3 Å². The molecule has 1 aromatic carbocycles. The number of aromatic amines is 1. The predicted octanol–water partition coefficient (Wildman–Crippen LogP) is 2.98. The lowest BCUT2D eigenvalue weighted by molar-refractivity contribution is 0.303. The third kappa shape index (κ3) is 2.66. The van der Waals surface area contributed by atoms with E-state index in [1.54, 1.807) is 7.11 Å². The predicted molar refractivity (Wildman–Crippen MR) is 78.8 cm³/mol. The first-order valence-corrected chi connectivity index (χ1v) is 6.88. The van der Waals surface area contributed by atoms with Crippen LogP contribution in [-0.4, -0.2) is 36.6 Å². The third-order valence-electron chi connectivity index (χ3n) is 3.81. The molecule has 0 radical (unpaired) electrons. The van der Waals surface area contributed by atoms with Crippen LogP contribution in [0.4, 0.5) is 0 Å². The second-order valence-corrected chi connectivity index (χ2v) is 5.04. The second kappa shape index (κ2) is 5.49. The van der Waals surface area contributed by atoms with Crippen LogP contribution in [0, 0.1) is 0 Å². The van der Waals surface area contributed by atoms with Crippen molar-refractivity contribution in [2.24, 2.45) is 0 Å². The summed E-state index contributed by atoms with van der Waals surface area (Å²) in [4.78, 5) is 5.84. The zero-order valence-corrected chi connectivity index (χ0v) is 11.4. The molecule has 3 heteroatoms. The van der Waals surface area contributed by atoms with Crippen LogP contribution in [-0.2, 0) is 6.42 Å². The summed E-state index contributed by atoms with van der Waals surface area (Å²) in [6, 6.07) is 6.20. The number of methoxy groups -OCH3 is 1. The maximum Gasteiger partial charge on any atom is 0.119 e. The molecule has 1 aliphatic rings. The fourth-order valence-corrected chi connectivity index (χ4v) is 2.66. The monoisotopic (exact) mass is 256 g/mol. The largest absolute Gasteiger partial charge is 0.497 e. The standard InChI is InChI=1S/C16H20N2O/c1-19-14-5-6-16-15(11-14)13(12-17-16)7-10-18-8-3-2-4-9-18/h2-3,5-6,11-12,17H,4,7-10H2,1H3. The quantitative estimate of drug-likeness (QED) is 0.852. The Morgan fingerprint density at radius 3 is 3.05 bits per heavy atom. The number of H-pyrrole nitrogens is 1. The van der Waals surface area contributed by atoms with Crippen molar-refractivity contribution in [2.75, 3.05) is 26.7 Å². The fraction of sp³-hybridized carbons (Fsp3) is 0.375. The number of benzene rings is 1. The highest BCUT2D eigenvalue weighted by molar-refractivity contribution is 5.84. The zero-order valence-electron chi connectivity index (χ0n) is 11.4. The summed E-state index contributed by atoms with van der Waals surface area (Å²) in [5, 5.41) is 1.28. The van der Waals surface area contributed by atoms with Crippen molar-refractivity contribution >= 4 is 10.9 Å². The molecule has 0 saturated heterocycles. The highest BCUT2D eigenvalue weighted by Crippen LogP contribution is 2.24. The van der Waals surface area contributed by atoms with Crippen LogP contribution in [0.2, 0.25) is 0 Å². The summed E-state index contributed by atoms with van der Waals surface area (Å²) >= 11 is 0. The minimum atomic E-state index is 0.925. The molecular weight excluding hydrogens is 236 g/mol. The van der Waals surface area contributed by atoms with Crippen molar-refractivity contribution in [3.05, 3.63) is 42.1 Å². The highest BCUT2D eigenvalue weighted by atomic mass is 16.5. The lowest BCUT2D eigenvalue weighted by Crippen LogP contribution is -2.29. The molecule has 0 aliphatic carbocycles. The molecule has 0 amide bonds. The van der Waals surface area contributed by atoms with E-state index in [9.17, 15) is 0 Å². The molecule has 1 N–H and O–H groups in total. The van der Waals surface area contributed by atoms with E-state index in [2.05, 4.69) is 40.4 Å². The number of nitrogens with zero attached hydrogens (tertiary/aromatic N) is 1. The van der Waals surface area contributed by atoms with E-state index in [-0.39, 0.29) is 0 Å². The highest BCUT2D eigenvalue weighted by Gasteiger charge is 2.09. The van der Waals surface area contributed by atoms with Gasteiger partial charge in [-0.2, -0.15) is 0 Å². The Morgan fingerprint density at radius 2 is 2.26 bits per heavy atom. The Labute approximate surface area is 113 Å². The van der Waals surface area contributed by atoms with Gasteiger partial charge in [-0.1, -0.05) is 12.2 Å². The number of hydrogen-bond donors (Lipinski definition) is 1. The minimum absolute atomic E-state index is 0.925. The average Bonchev–Trinajstić information content (AvgIpc) is 2.88. The summed E-state index contributed by atoms with van der Waals surface area (Å²) < 4.78 is 5.31. The van der Waals surface area contributed by atoms with E-state index < -0.39 is 0 Å². The maximum atomic E-state index is 5.31. The molecule has 0 fully saturated rings. The van der Waals surface area contributed by atoms with Gasteiger partial charge in [0.2, 0.25) is 0 Å². The molecule has 3 rings (SSSR count). The van der Waals surface area contributed by atoms with Gasteiger partial charge in [0.25, 0.3) is 0 Å². The van der Waals surface area contributed by atoms with Gasteiger partial charge in [0.1, 0.15) is 5.75 Å². The minimum Gasteiger partial charge on any atom is -0.497 e. The number of nitrogens with one attached hydrogen (secondary N) is 1. The molecule has 0 bridgehead atoms. The van der Waals surface area contributed by atoms with Crippen LogP contribution >= 0.6 is 0 Å². The lowest BCUT2D eigenvalue weighted by Gasteiger charge is -2.22. The zero-order chi connectivity index (χ0) is 13.1. The van der Waals surface area contributed by atoms with Crippen LogP contribution in [0.25, 0.3) is 10.9 Å². The number of fused-ring (bicyclic) bond motifs is 1. The third-order valence-corrected chi connectivity index (χ3v) is 3.81. The van der Waals surface area contributed by atoms with Gasteiger partial charge in [-0.25, -0.2) is 0 Å². The van der Waals surface area contributed by atoms with Crippen LogP contribution in [0.15, 0.2) is 36.5 Å². The van der Waals surface area contributed by atoms with E-state index >= 15 is 0 Å². The summed E-state index contributed by atoms with van der Waals surface area (Å²) in [6.45, 7) is 3.39. The Hall–Kier alpha value is -1.74. The lowest BCUT2D eigenvalue weighted by atomic mass is 10.1. The van der Waals surface area contributed by atoms with Gasteiger partial charge in [-0.3, -0.25) is 4.90 Å². The second-order valence-electron chi connectivity index (χ2n) is 5.04. The first-order chi connectivity index (χ1) is 9.36. The van der Waals surface area contributed by atoms with Crippen molar-refractivity contribution in [2.45, 2.75) is 12.8 Å². The number of rotatable bonds is 4. The van der Waals surface area contributed by atoms with Gasteiger partial charge in [-0.05, 0) is 36.6 Å². The fourth-order valence-electron chi connectivity index (χ4n) is 2.66. The van der Waals surface area contributed by atoms with Crippen molar-refractivity contribution in [1.29, 1.82) is 0 Å². The average molecular weight is 256 g/mol. The Balaban J connectivity index is 1.74. The smallest absolute Gasteiger partial charge is 0.119 e. The molecule has 100 valence electrons. The van der Waals surface area contributed by atoms with Crippen molar-refractivity contribution in [1.82, 2.24) is 9.88 Å². The van der Waals surface area contributed by atoms with Crippen LogP contribution < -0.4 is 4.74 Å². The van der Waals surface area contributed by atoms with Crippen LogP contribution in [0.1, 0.15) is 12.0 Å². The molecular formula is C16H20N2O. The first-order valence-electron chi connectivity index (χ1n) is 6.88. The Bertz CT molecular complexity index is 585. The number of ether oxygens (including phenoxy) is 1. The van der Waals surface area contributed by atoms with Gasteiger partial charge in [0.15, 0.2) is 0 Å². The van der Waals surface area contributed by atoms with Crippen molar-refractivity contribution in [3.8, 4) is 5.75 Å². The molecule has 0 unspecified atom stereocenters. The van der Waals surface area contributed by atoms with Gasteiger partial charge in [-0.15, -0.1) is 0 Å². The van der Waals surface area contributed by atoms with E-state index in [0.29, 0.717) is 0 Å². The Morgan fingerprint density at radius 1 is 1.32 bits per heavy atom. The van der Waals surface area contributed by atoms with Gasteiger partial charge in [0.05, 0.1) is 7.11 Å². The van der Waals surface area contributed by atoms with E-state index in [1.165, 1.54) is 29.4 Å². The Kier molecular flexibility index (Phi) is 3.56. The molecule has 2 heterocycles. The van der Waals surface area contributed by atoms with Crippen molar-refractivity contribution < 1.29 is 4.74 Å². The van der Waals surface area contributed by atoms with E-state index in [0.717, 1.165) is 25.3 Å². The SMILES string of the molecule is COc1ccc2[nH]cc(CCN3CC=CCC3)c2c1. The summed E-state index contributed by atoms with van der Waals surface area (Å²) in [5.41, 5.74) is 2.57. The normalized spacial score (nSPS) is 16.1. The first kappa shape index (κ1) is 12.3. The molecule has 3 nitrogen and oxygen atoms in total. The van der Waals surface area contributed by atoms with Gasteiger partial charge in [0, 0.05) is 36.7 Å². The summed E-state index contributed by atoms with van der Waals surface area (Å²) in [6.07, 6.45) is 8.93. The van der Waals surface area contributed by atoms with Crippen molar-refractivity contribution in [3.63, 3.8) is 0 Å². The molecule has 19 heavy (non-hydrogen) atoms. The number of aromatic nitrogens is 1. The molecule has 0 spiro atoms.